The van der Waals surface area contributed by atoms with Crippen molar-refractivity contribution in [3.8, 4) is 51.0 Å². The quantitative estimate of drug-likeness (QED) is 0.159. The molecule has 0 aliphatic heterocycles. The van der Waals surface area contributed by atoms with Crippen molar-refractivity contribution in [1.82, 2.24) is 58.6 Å². The van der Waals surface area contributed by atoms with E-state index in [1.165, 1.54) is 169 Å². The van der Waals surface area contributed by atoms with Gasteiger partial charge in [0.2, 0.25) is 11.9 Å². The second-order valence-electron chi connectivity index (χ2n) is 35.0. The summed E-state index contributed by atoms with van der Waals surface area (Å²) in [5, 5.41) is 26.1. The van der Waals surface area contributed by atoms with Gasteiger partial charge in [0, 0.05) is 170 Å². The van der Waals surface area contributed by atoms with Crippen molar-refractivity contribution < 1.29 is 0 Å². The summed E-state index contributed by atoms with van der Waals surface area (Å²) in [6.45, 7) is 14.0. The monoisotopic (exact) mass is 1590 g/mol. The predicted octanol–water partition coefficient (Wildman–Crippen LogP) is 27.4. The summed E-state index contributed by atoms with van der Waals surface area (Å²) in [5.41, 5.74) is 26.9. The minimum Gasteiger partial charge on any atom is -0.308 e. The number of rotatable bonds is 3. The highest BCUT2D eigenvalue weighted by molar-refractivity contribution is 6.32. The van der Waals surface area contributed by atoms with Crippen molar-refractivity contribution >= 4 is 174 Å². The third kappa shape index (κ3) is 9.42. The Hall–Kier alpha value is -15.8. The Morgan fingerprint density at radius 1 is 0.234 bits per heavy atom. The molecule has 0 spiro atoms. The number of fused-ring (bicyclic) bond motifs is 42. The average Bonchev–Trinajstić information content (AvgIpc) is 1.53. The van der Waals surface area contributed by atoms with E-state index in [4.69, 9.17) is 29.9 Å². The normalized spacial score (nSPS) is 13.9. The summed E-state index contributed by atoms with van der Waals surface area (Å²) in [7, 11) is 0. The Morgan fingerprint density at radius 2 is 0.629 bits per heavy atom. The van der Waals surface area contributed by atoms with Gasteiger partial charge in [-0.15, -0.1) is 0 Å². The summed E-state index contributed by atoms with van der Waals surface area (Å²) in [6, 6.07) is 99.7. The van der Waals surface area contributed by atoms with Gasteiger partial charge in [-0.1, -0.05) is 260 Å². The molecule has 124 heavy (non-hydrogen) atoms. The van der Waals surface area contributed by atoms with Gasteiger partial charge in [0.1, 0.15) is 0 Å². The molecule has 10 heterocycles. The van der Waals surface area contributed by atoms with Gasteiger partial charge in [0.15, 0.2) is 0 Å². The highest BCUT2D eigenvalue weighted by Crippen LogP contribution is 2.60. The maximum absolute atomic E-state index is 5.43. The van der Waals surface area contributed by atoms with Gasteiger partial charge in [-0.3, -0.25) is 34.1 Å². The first-order valence-corrected chi connectivity index (χ1v) is 42.5. The molecular formula is C112H74N12. The summed E-state index contributed by atoms with van der Waals surface area (Å²) in [5.74, 6) is 1.37. The number of pyridine rings is 5. The van der Waals surface area contributed by atoms with Crippen molar-refractivity contribution in [2.75, 3.05) is 0 Å². The standard InChI is InChI=1S/C40H26N4.2C36H24N4/c1-40(2)32-17-9-7-15-28(32)35-36(40)30-21-41-20-19-26(30)34-29-16-8-10-18-33(29)44(38(34)35)39-42-22-31-25-13-4-3-11-23(25)24-12-5-6-14-27(24)37(31)43-39;1-36(2)27-11-5-3-9-23(27)31-32(36)26-20-37-18-15-22(26)30-24-10-4-6-12-28(24)40(35(30)31)29-16-19-39-34-25(29)14-13-21-8-7-17-38-33(21)34;1-36(2)28-13-7-5-11-24(28)32-33(36)27-19-37-18-17-23(27)31-25-12-6-8-14-30(25)40(34(31)32)35-38-20-26-22-10-4-3-9-21(22)15-16-29(26)39-35/h3-22H,1-2H3;2*3-20H,1-2H3. The summed E-state index contributed by atoms with van der Waals surface area (Å²) in [4.78, 5) is 44.2. The molecule has 0 saturated carbocycles. The number of hydrogen-bond acceptors (Lipinski definition) is 9. The first kappa shape index (κ1) is 70.1. The zero-order valence-corrected chi connectivity index (χ0v) is 68.7. The van der Waals surface area contributed by atoms with Crippen molar-refractivity contribution in [3.05, 3.63) is 374 Å². The maximum Gasteiger partial charge on any atom is 0.235 e. The number of aromatic nitrogens is 12. The molecule has 0 saturated heterocycles. The lowest BCUT2D eigenvalue weighted by molar-refractivity contribution is 0.666. The Morgan fingerprint density at radius 3 is 1.15 bits per heavy atom. The largest absolute Gasteiger partial charge is 0.308 e. The highest BCUT2D eigenvalue weighted by atomic mass is 15.2. The van der Waals surface area contributed by atoms with E-state index < -0.39 is 0 Å². The predicted molar refractivity (Wildman–Crippen MR) is 510 cm³/mol. The zero-order chi connectivity index (χ0) is 82.3. The van der Waals surface area contributed by atoms with Crippen LogP contribution in [0.15, 0.2) is 341 Å². The third-order valence-corrected chi connectivity index (χ3v) is 27.7. The van der Waals surface area contributed by atoms with Crippen LogP contribution in [0.3, 0.4) is 0 Å². The van der Waals surface area contributed by atoms with Crippen LogP contribution in [0.25, 0.3) is 225 Å². The summed E-state index contributed by atoms with van der Waals surface area (Å²) in [6.07, 6.45) is 19.7. The first-order chi connectivity index (χ1) is 60.9. The lowest BCUT2D eigenvalue weighted by Crippen LogP contribution is -2.15. The zero-order valence-electron chi connectivity index (χ0n) is 68.7. The molecule has 12 nitrogen and oxygen atoms in total. The van der Waals surface area contributed by atoms with Gasteiger partial charge in [-0.25, -0.2) is 19.9 Å². The highest BCUT2D eigenvalue weighted by Gasteiger charge is 2.44. The summed E-state index contributed by atoms with van der Waals surface area (Å²) < 4.78 is 7.07. The fraction of sp³-hybridized carbons (Fsp3) is 0.0804. The third-order valence-electron chi connectivity index (χ3n) is 27.7. The van der Waals surface area contributed by atoms with Gasteiger partial charge >= 0.3 is 0 Å². The average molecular weight is 1590 g/mol. The van der Waals surface area contributed by atoms with Gasteiger partial charge in [-0.2, -0.15) is 0 Å². The smallest absolute Gasteiger partial charge is 0.235 e. The lowest BCUT2D eigenvalue weighted by atomic mass is 9.80. The molecule has 582 valence electrons. The van der Waals surface area contributed by atoms with Crippen molar-refractivity contribution in [2.24, 2.45) is 0 Å². The number of nitrogens with zero attached hydrogens (tertiary/aromatic N) is 12. The molecule has 0 N–H and O–H groups in total. The van der Waals surface area contributed by atoms with Crippen LogP contribution in [-0.4, -0.2) is 58.6 Å². The molecule has 25 aromatic rings. The van der Waals surface area contributed by atoms with Crippen LogP contribution in [0.4, 0.5) is 0 Å². The van der Waals surface area contributed by atoms with Crippen LogP contribution in [0.2, 0.25) is 0 Å². The molecule has 28 rings (SSSR count). The Balaban J connectivity index is 0.0000000996. The van der Waals surface area contributed by atoms with E-state index in [0.717, 1.165) is 76.8 Å². The maximum atomic E-state index is 5.43. The minimum atomic E-state index is -0.192. The molecule has 3 aliphatic carbocycles. The molecule has 10 aromatic heterocycles. The van der Waals surface area contributed by atoms with E-state index in [1.807, 2.05) is 55.6 Å². The van der Waals surface area contributed by atoms with Crippen LogP contribution < -0.4 is 0 Å². The van der Waals surface area contributed by atoms with Gasteiger partial charge in [0.25, 0.3) is 0 Å². The van der Waals surface area contributed by atoms with Gasteiger partial charge < -0.3 is 4.57 Å². The van der Waals surface area contributed by atoms with Gasteiger partial charge in [0.05, 0.1) is 60.9 Å². The molecular weight excluding hydrogens is 1510 g/mol. The number of benzene rings is 15. The topological polar surface area (TPSA) is 131 Å². The first-order valence-electron chi connectivity index (χ1n) is 42.5. The van der Waals surface area contributed by atoms with Crippen molar-refractivity contribution in [2.45, 2.75) is 57.8 Å². The van der Waals surface area contributed by atoms with Crippen LogP contribution in [0, 0.1) is 0 Å². The van der Waals surface area contributed by atoms with Crippen LogP contribution >= 0.6 is 0 Å². The van der Waals surface area contributed by atoms with E-state index in [9.17, 15) is 0 Å². The molecule has 0 bridgehead atoms. The van der Waals surface area contributed by atoms with E-state index in [2.05, 4.69) is 356 Å². The van der Waals surface area contributed by atoms with E-state index in [0.29, 0.717) is 11.9 Å². The molecule has 0 amide bonds. The second kappa shape index (κ2) is 25.6. The molecule has 0 fully saturated rings. The molecule has 3 aliphatic rings. The Kier molecular flexibility index (Phi) is 14.5. The van der Waals surface area contributed by atoms with Crippen molar-refractivity contribution in [3.63, 3.8) is 0 Å². The number of para-hydroxylation sites is 3. The summed E-state index contributed by atoms with van der Waals surface area (Å²) >= 11 is 0. The molecule has 0 unspecified atom stereocenters. The molecule has 12 heteroatoms. The van der Waals surface area contributed by atoms with Crippen LogP contribution in [0.5, 0.6) is 0 Å². The van der Waals surface area contributed by atoms with E-state index in [-0.39, 0.29) is 16.2 Å². The lowest BCUT2D eigenvalue weighted by Gasteiger charge is -2.23. The fourth-order valence-electron chi connectivity index (χ4n) is 22.6. The Bertz CT molecular complexity index is 9040. The Labute approximate surface area is 710 Å². The fourth-order valence-corrected chi connectivity index (χ4v) is 22.6. The van der Waals surface area contributed by atoms with Crippen LogP contribution in [-0.2, 0) is 16.2 Å². The molecule has 15 aromatic carbocycles. The van der Waals surface area contributed by atoms with Crippen LogP contribution in [0.1, 0.15) is 74.9 Å². The SMILES string of the molecule is CC1(C)c2ccccc2-c2c1c1cnccc1c1c3ccccc3n(-c3ccnc4c3ccc3cccnc34)c21.CC1(C)c2ccccc2-c2c1c1cnccc1c1c3ccccc3n(-c3ncc4c(ccc5ccccc54)n3)c21.CC1(C)c2ccccc2-c2c1c1cnccc1c1c3ccccc3n(-c3ncc4c5ccccc5c5ccccc5c4n3)c21. The molecule has 0 radical (unpaired) electrons. The van der Waals surface area contributed by atoms with Crippen molar-refractivity contribution in [1.29, 1.82) is 0 Å². The second-order valence-corrected chi connectivity index (χ2v) is 35.0. The number of hydrogen-bond donors (Lipinski definition) is 0. The minimum absolute atomic E-state index is 0.164. The van der Waals surface area contributed by atoms with Gasteiger partial charge in [-0.05, 0) is 154 Å². The molecule has 0 atom stereocenters. The van der Waals surface area contributed by atoms with E-state index in [1.54, 1.807) is 0 Å². The van der Waals surface area contributed by atoms with E-state index >= 15 is 0 Å².